The standard InChI is InChI=1S/C11H18N4O2/c1-8-10(14-7-15-11(8)16-2)13-6-9-5-12-3-4-17-9/h7,9,12H,3-6H2,1-2H3,(H,13,14,15). The first-order chi connectivity index (χ1) is 8.31. The number of hydrogen-bond acceptors (Lipinski definition) is 6. The topological polar surface area (TPSA) is 68.3 Å². The molecule has 1 aliphatic heterocycles. The molecule has 1 unspecified atom stereocenters. The zero-order chi connectivity index (χ0) is 12.1. The summed E-state index contributed by atoms with van der Waals surface area (Å²) in [5, 5.41) is 6.55. The Hall–Kier alpha value is -1.40. The molecule has 17 heavy (non-hydrogen) atoms. The molecule has 0 bridgehead atoms. The highest BCUT2D eigenvalue weighted by Crippen LogP contribution is 2.19. The molecule has 6 nitrogen and oxygen atoms in total. The molecule has 0 aromatic carbocycles. The van der Waals surface area contributed by atoms with Crippen molar-refractivity contribution in [2.75, 3.05) is 38.7 Å². The van der Waals surface area contributed by atoms with Gasteiger partial charge in [0.25, 0.3) is 0 Å². The summed E-state index contributed by atoms with van der Waals surface area (Å²) >= 11 is 0. The normalized spacial score (nSPS) is 20.0. The van der Waals surface area contributed by atoms with E-state index < -0.39 is 0 Å². The predicted octanol–water partition coefficient (Wildman–Crippen LogP) is 0.194. The number of rotatable bonds is 4. The van der Waals surface area contributed by atoms with Crippen LogP contribution in [-0.2, 0) is 4.74 Å². The summed E-state index contributed by atoms with van der Waals surface area (Å²) in [6, 6.07) is 0. The minimum absolute atomic E-state index is 0.184. The van der Waals surface area contributed by atoms with Crippen LogP contribution in [0.15, 0.2) is 6.33 Å². The molecule has 2 N–H and O–H groups in total. The van der Waals surface area contributed by atoms with Gasteiger partial charge in [-0.25, -0.2) is 9.97 Å². The van der Waals surface area contributed by atoms with Gasteiger partial charge in [-0.3, -0.25) is 0 Å². The highest BCUT2D eigenvalue weighted by Gasteiger charge is 2.14. The molecule has 1 fully saturated rings. The van der Waals surface area contributed by atoms with Gasteiger partial charge in [-0.15, -0.1) is 0 Å². The quantitative estimate of drug-likeness (QED) is 0.780. The molecular weight excluding hydrogens is 220 g/mol. The van der Waals surface area contributed by atoms with Crippen LogP contribution in [0.1, 0.15) is 5.56 Å². The first-order valence-corrected chi connectivity index (χ1v) is 5.73. The number of nitrogens with zero attached hydrogens (tertiary/aromatic N) is 2. The third-order valence-electron chi connectivity index (χ3n) is 2.73. The van der Waals surface area contributed by atoms with Crippen molar-refractivity contribution in [1.29, 1.82) is 0 Å². The summed E-state index contributed by atoms with van der Waals surface area (Å²) in [4.78, 5) is 8.23. The zero-order valence-electron chi connectivity index (χ0n) is 10.2. The molecule has 1 aromatic rings. The maximum atomic E-state index is 5.60. The van der Waals surface area contributed by atoms with Gasteiger partial charge < -0.3 is 20.1 Å². The number of morpholine rings is 1. The summed E-state index contributed by atoms with van der Waals surface area (Å²) in [5.74, 6) is 1.40. The lowest BCUT2D eigenvalue weighted by Crippen LogP contribution is -2.42. The number of hydrogen-bond donors (Lipinski definition) is 2. The monoisotopic (exact) mass is 238 g/mol. The van der Waals surface area contributed by atoms with E-state index in [9.17, 15) is 0 Å². The van der Waals surface area contributed by atoms with E-state index in [0.29, 0.717) is 5.88 Å². The number of anilines is 1. The Kier molecular flexibility index (Phi) is 4.11. The Morgan fingerprint density at radius 3 is 3.18 bits per heavy atom. The summed E-state index contributed by atoms with van der Waals surface area (Å²) in [6.07, 6.45) is 1.68. The first kappa shape index (κ1) is 12.1. The van der Waals surface area contributed by atoms with E-state index in [1.165, 1.54) is 6.33 Å². The molecular formula is C11H18N4O2. The Balaban J connectivity index is 1.93. The van der Waals surface area contributed by atoms with Crippen LogP contribution < -0.4 is 15.4 Å². The third kappa shape index (κ3) is 3.04. The van der Waals surface area contributed by atoms with Gasteiger partial charge in [0.1, 0.15) is 12.1 Å². The van der Waals surface area contributed by atoms with Gasteiger partial charge in [0.2, 0.25) is 5.88 Å². The van der Waals surface area contributed by atoms with Crippen LogP contribution in [0.3, 0.4) is 0 Å². The number of aromatic nitrogens is 2. The molecule has 1 aromatic heterocycles. The van der Waals surface area contributed by atoms with Crippen molar-refractivity contribution < 1.29 is 9.47 Å². The van der Waals surface area contributed by atoms with Gasteiger partial charge in [0.05, 0.1) is 25.4 Å². The van der Waals surface area contributed by atoms with Crippen LogP contribution in [0.2, 0.25) is 0 Å². The fourth-order valence-corrected chi connectivity index (χ4v) is 1.78. The molecule has 1 saturated heterocycles. The Morgan fingerprint density at radius 2 is 2.47 bits per heavy atom. The smallest absolute Gasteiger partial charge is 0.221 e. The van der Waals surface area contributed by atoms with Gasteiger partial charge in [-0.1, -0.05) is 0 Å². The second-order valence-electron chi connectivity index (χ2n) is 3.93. The van der Waals surface area contributed by atoms with E-state index in [0.717, 1.165) is 37.6 Å². The molecule has 0 amide bonds. The summed E-state index contributed by atoms with van der Waals surface area (Å²) in [6.45, 7) is 5.22. The maximum Gasteiger partial charge on any atom is 0.221 e. The van der Waals surface area contributed by atoms with Gasteiger partial charge in [0.15, 0.2) is 0 Å². The Bertz CT molecular complexity index is 366. The lowest BCUT2D eigenvalue weighted by Gasteiger charge is -2.24. The van der Waals surface area contributed by atoms with Crippen LogP contribution >= 0.6 is 0 Å². The molecule has 0 saturated carbocycles. The Labute approximate surface area is 101 Å². The maximum absolute atomic E-state index is 5.60. The minimum Gasteiger partial charge on any atom is -0.481 e. The number of methoxy groups -OCH3 is 1. The van der Waals surface area contributed by atoms with E-state index in [1.807, 2.05) is 6.92 Å². The van der Waals surface area contributed by atoms with Gasteiger partial charge >= 0.3 is 0 Å². The van der Waals surface area contributed by atoms with Crippen molar-refractivity contribution >= 4 is 5.82 Å². The molecule has 1 atom stereocenters. The van der Waals surface area contributed by atoms with Gasteiger partial charge in [-0.05, 0) is 6.92 Å². The van der Waals surface area contributed by atoms with Crippen molar-refractivity contribution in [3.63, 3.8) is 0 Å². The van der Waals surface area contributed by atoms with E-state index >= 15 is 0 Å². The van der Waals surface area contributed by atoms with Crippen LogP contribution in [-0.4, -0.2) is 49.4 Å². The van der Waals surface area contributed by atoms with Crippen LogP contribution in [0.25, 0.3) is 0 Å². The van der Waals surface area contributed by atoms with E-state index in [2.05, 4.69) is 20.6 Å². The lowest BCUT2D eigenvalue weighted by atomic mass is 10.3. The molecule has 6 heteroatoms. The average molecular weight is 238 g/mol. The fraction of sp³-hybridized carbons (Fsp3) is 0.636. The van der Waals surface area contributed by atoms with Crippen molar-refractivity contribution in [3.05, 3.63) is 11.9 Å². The average Bonchev–Trinajstić information content (AvgIpc) is 2.39. The minimum atomic E-state index is 0.184. The SMILES string of the molecule is COc1ncnc(NCC2CNCCO2)c1C. The van der Waals surface area contributed by atoms with Crippen molar-refractivity contribution in [2.45, 2.75) is 13.0 Å². The van der Waals surface area contributed by atoms with Crippen molar-refractivity contribution in [1.82, 2.24) is 15.3 Å². The van der Waals surface area contributed by atoms with E-state index in [4.69, 9.17) is 9.47 Å². The zero-order valence-corrected chi connectivity index (χ0v) is 10.2. The second-order valence-corrected chi connectivity index (χ2v) is 3.93. The van der Waals surface area contributed by atoms with Crippen LogP contribution in [0, 0.1) is 6.92 Å². The molecule has 2 heterocycles. The molecule has 2 rings (SSSR count). The Morgan fingerprint density at radius 1 is 1.59 bits per heavy atom. The molecule has 94 valence electrons. The lowest BCUT2D eigenvalue weighted by molar-refractivity contribution is 0.0372. The van der Waals surface area contributed by atoms with Crippen LogP contribution in [0.5, 0.6) is 5.88 Å². The van der Waals surface area contributed by atoms with Crippen LogP contribution in [0.4, 0.5) is 5.82 Å². The van der Waals surface area contributed by atoms with Crippen molar-refractivity contribution in [2.24, 2.45) is 0 Å². The fourth-order valence-electron chi connectivity index (χ4n) is 1.78. The van der Waals surface area contributed by atoms with Crippen molar-refractivity contribution in [3.8, 4) is 5.88 Å². The van der Waals surface area contributed by atoms with E-state index in [1.54, 1.807) is 7.11 Å². The summed E-state index contributed by atoms with van der Waals surface area (Å²) in [5.41, 5.74) is 0.916. The summed E-state index contributed by atoms with van der Waals surface area (Å²) < 4.78 is 10.7. The molecule has 1 aliphatic rings. The molecule has 0 spiro atoms. The van der Waals surface area contributed by atoms with Gasteiger partial charge in [0, 0.05) is 19.6 Å². The highest BCUT2D eigenvalue weighted by atomic mass is 16.5. The van der Waals surface area contributed by atoms with E-state index in [-0.39, 0.29) is 6.10 Å². The highest BCUT2D eigenvalue weighted by molar-refractivity contribution is 5.47. The predicted molar refractivity (Wildman–Crippen MR) is 64.4 cm³/mol. The van der Waals surface area contributed by atoms with Gasteiger partial charge in [-0.2, -0.15) is 0 Å². The number of ether oxygens (including phenoxy) is 2. The summed E-state index contributed by atoms with van der Waals surface area (Å²) in [7, 11) is 1.60. The molecule has 0 radical (unpaired) electrons. The third-order valence-corrected chi connectivity index (χ3v) is 2.73. The number of nitrogens with one attached hydrogen (secondary N) is 2. The first-order valence-electron chi connectivity index (χ1n) is 5.73. The second kappa shape index (κ2) is 5.79. The largest absolute Gasteiger partial charge is 0.481 e. The molecule has 0 aliphatic carbocycles.